The molecule has 2 aromatic rings. The second-order valence-electron chi connectivity index (χ2n) is 6.32. The molecule has 0 saturated carbocycles. The van der Waals surface area contributed by atoms with Crippen molar-refractivity contribution < 1.29 is 4.79 Å². The van der Waals surface area contributed by atoms with Gasteiger partial charge in [-0.25, -0.2) is 14.3 Å². The lowest BCUT2D eigenvalue weighted by Crippen LogP contribution is -2.53. The van der Waals surface area contributed by atoms with E-state index in [0.29, 0.717) is 11.2 Å². The van der Waals surface area contributed by atoms with Gasteiger partial charge in [0.1, 0.15) is 6.54 Å². The minimum Gasteiger partial charge on any atom is -0.350 e. The van der Waals surface area contributed by atoms with Crippen molar-refractivity contribution in [2.75, 3.05) is 6.54 Å². The average Bonchev–Trinajstić information content (AvgIpc) is 2.94. The van der Waals surface area contributed by atoms with Crippen LogP contribution in [0.2, 0.25) is 0 Å². The molecule has 0 spiro atoms. The molecule has 0 bridgehead atoms. The molecule has 2 N–H and O–H groups in total. The number of amides is 1. The van der Waals surface area contributed by atoms with Crippen LogP contribution in [0.1, 0.15) is 19.8 Å². The first kappa shape index (κ1) is 16.4. The van der Waals surface area contributed by atoms with Gasteiger partial charge in [0.15, 0.2) is 11.2 Å². The Labute approximate surface area is 138 Å². The second-order valence-corrected chi connectivity index (χ2v) is 6.32. The van der Waals surface area contributed by atoms with Crippen LogP contribution < -0.4 is 21.9 Å². The van der Waals surface area contributed by atoms with Crippen LogP contribution in [0.15, 0.2) is 15.9 Å². The number of aryl methyl sites for hydroxylation is 2. The Bertz CT molecular complexity index is 893. The quantitative estimate of drug-likeness (QED) is 0.725. The Balaban J connectivity index is 1.90. The van der Waals surface area contributed by atoms with Crippen molar-refractivity contribution in [2.24, 2.45) is 14.1 Å². The summed E-state index contributed by atoms with van der Waals surface area (Å²) in [4.78, 5) is 41.4. The van der Waals surface area contributed by atoms with E-state index in [9.17, 15) is 14.4 Å². The van der Waals surface area contributed by atoms with Gasteiger partial charge < -0.3 is 15.2 Å². The zero-order valence-corrected chi connectivity index (χ0v) is 14.1. The Kier molecular flexibility index (Phi) is 4.27. The van der Waals surface area contributed by atoms with Crippen molar-refractivity contribution in [3.8, 4) is 0 Å². The highest BCUT2D eigenvalue weighted by Gasteiger charge is 2.23. The van der Waals surface area contributed by atoms with Gasteiger partial charge in [0.2, 0.25) is 5.91 Å². The number of imidazole rings is 1. The molecule has 1 fully saturated rings. The summed E-state index contributed by atoms with van der Waals surface area (Å²) in [6.07, 6.45) is 3.34. The minimum absolute atomic E-state index is 0.00578. The summed E-state index contributed by atoms with van der Waals surface area (Å²) in [5.41, 5.74) is -0.430. The molecule has 3 heterocycles. The molecule has 1 amide bonds. The van der Waals surface area contributed by atoms with Crippen LogP contribution in [-0.2, 0) is 25.4 Å². The molecule has 2 atom stereocenters. The maximum Gasteiger partial charge on any atom is 0.332 e. The number of hydrogen-bond donors (Lipinski definition) is 2. The highest BCUT2D eigenvalue weighted by atomic mass is 16.2. The molecule has 1 saturated heterocycles. The Morgan fingerprint density at radius 3 is 2.88 bits per heavy atom. The molecule has 9 heteroatoms. The van der Waals surface area contributed by atoms with E-state index in [4.69, 9.17) is 0 Å². The van der Waals surface area contributed by atoms with E-state index in [1.54, 1.807) is 18.7 Å². The van der Waals surface area contributed by atoms with Gasteiger partial charge in [0, 0.05) is 26.2 Å². The van der Waals surface area contributed by atoms with Gasteiger partial charge in [-0.2, -0.15) is 0 Å². The van der Waals surface area contributed by atoms with E-state index < -0.39 is 11.2 Å². The van der Waals surface area contributed by atoms with Crippen LogP contribution in [-0.4, -0.2) is 43.2 Å². The van der Waals surface area contributed by atoms with E-state index in [1.807, 2.05) is 6.92 Å². The molecular formula is C15H22N6O3. The maximum absolute atomic E-state index is 12.6. The van der Waals surface area contributed by atoms with Crippen molar-refractivity contribution in [2.45, 2.75) is 38.4 Å². The third-order valence-corrected chi connectivity index (χ3v) is 4.61. The van der Waals surface area contributed by atoms with Gasteiger partial charge in [-0.05, 0) is 26.3 Å². The first-order chi connectivity index (χ1) is 11.4. The summed E-state index contributed by atoms with van der Waals surface area (Å²) in [5.74, 6) is -0.337. The summed E-state index contributed by atoms with van der Waals surface area (Å²) in [6.45, 7) is 2.65. The summed E-state index contributed by atoms with van der Waals surface area (Å²) < 4.78 is 3.80. The van der Waals surface area contributed by atoms with E-state index in [0.717, 1.165) is 24.0 Å². The van der Waals surface area contributed by atoms with Crippen LogP contribution in [0, 0.1) is 0 Å². The monoisotopic (exact) mass is 334 g/mol. The zero-order chi connectivity index (χ0) is 17.4. The molecule has 1 aliphatic heterocycles. The van der Waals surface area contributed by atoms with Crippen LogP contribution in [0.25, 0.3) is 11.2 Å². The fourth-order valence-corrected chi connectivity index (χ4v) is 3.17. The molecule has 0 radical (unpaired) electrons. The van der Waals surface area contributed by atoms with Gasteiger partial charge in [-0.15, -0.1) is 0 Å². The number of nitrogens with zero attached hydrogens (tertiary/aromatic N) is 4. The molecule has 2 unspecified atom stereocenters. The number of nitrogens with one attached hydrogen (secondary N) is 2. The van der Waals surface area contributed by atoms with Crippen molar-refractivity contribution in [3.05, 3.63) is 27.2 Å². The topological polar surface area (TPSA) is 103 Å². The SMILES string of the molecule is CC1NCCCC1NC(=O)Cn1c(=O)c2c(ncn2C)n(C)c1=O. The first-order valence-electron chi connectivity index (χ1n) is 8.03. The molecule has 2 aromatic heterocycles. The lowest BCUT2D eigenvalue weighted by atomic mass is 10.00. The van der Waals surface area contributed by atoms with E-state index in [-0.39, 0.29) is 24.5 Å². The molecule has 1 aliphatic rings. The van der Waals surface area contributed by atoms with Gasteiger partial charge in [0.05, 0.1) is 6.33 Å². The van der Waals surface area contributed by atoms with Crippen molar-refractivity contribution in [3.63, 3.8) is 0 Å². The Morgan fingerprint density at radius 2 is 2.17 bits per heavy atom. The number of rotatable bonds is 3. The molecule has 9 nitrogen and oxygen atoms in total. The summed E-state index contributed by atoms with van der Waals surface area (Å²) >= 11 is 0. The van der Waals surface area contributed by atoms with Crippen LogP contribution in [0.5, 0.6) is 0 Å². The summed E-state index contributed by atoms with van der Waals surface area (Å²) in [6, 6.07) is 0.174. The Morgan fingerprint density at radius 1 is 1.42 bits per heavy atom. The number of hydrogen-bond acceptors (Lipinski definition) is 5. The number of carbonyl (C=O) groups excluding carboxylic acids is 1. The number of fused-ring (bicyclic) bond motifs is 1. The lowest BCUT2D eigenvalue weighted by molar-refractivity contribution is -0.122. The predicted octanol–water partition coefficient (Wildman–Crippen LogP) is -1.31. The maximum atomic E-state index is 12.6. The highest BCUT2D eigenvalue weighted by Crippen LogP contribution is 2.08. The number of piperidine rings is 1. The highest BCUT2D eigenvalue weighted by molar-refractivity contribution is 5.77. The minimum atomic E-state index is -0.545. The smallest absolute Gasteiger partial charge is 0.332 e. The van der Waals surface area contributed by atoms with Crippen molar-refractivity contribution >= 4 is 17.1 Å². The van der Waals surface area contributed by atoms with E-state index >= 15 is 0 Å². The van der Waals surface area contributed by atoms with Gasteiger partial charge in [-0.1, -0.05) is 0 Å². The first-order valence-corrected chi connectivity index (χ1v) is 8.03. The summed E-state index contributed by atoms with van der Waals surface area (Å²) in [5, 5.41) is 6.22. The van der Waals surface area contributed by atoms with E-state index in [1.165, 1.54) is 10.9 Å². The van der Waals surface area contributed by atoms with Crippen LogP contribution in [0.4, 0.5) is 0 Å². The fourth-order valence-electron chi connectivity index (χ4n) is 3.17. The number of aromatic nitrogens is 4. The third kappa shape index (κ3) is 2.75. The molecule has 24 heavy (non-hydrogen) atoms. The number of carbonyl (C=O) groups is 1. The second kappa shape index (κ2) is 6.23. The Hall–Kier alpha value is -2.42. The molecular weight excluding hydrogens is 312 g/mol. The fraction of sp³-hybridized carbons (Fsp3) is 0.600. The van der Waals surface area contributed by atoms with Crippen molar-refractivity contribution in [1.82, 2.24) is 29.3 Å². The molecule has 130 valence electrons. The predicted molar refractivity (Wildman–Crippen MR) is 88.8 cm³/mol. The van der Waals surface area contributed by atoms with Gasteiger partial charge in [0.25, 0.3) is 5.56 Å². The molecule has 3 rings (SSSR count). The van der Waals surface area contributed by atoms with Gasteiger partial charge in [-0.3, -0.25) is 14.2 Å². The molecule has 0 aromatic carbocycles. The normalized spacial score (nSPS) is 21.1. The van der Waals surface area contributed by atoms with Crippen LogP contribution in [0.3, 0.4) is 0 Å². The van der Waals surface area contributed by atoms with E-state index in [2.05, 4.69) is 15.6 Å². The van der Waals surface area contributed by atoms with Gasteiger partial charge >= 0.3 is 5.69 Å². The largest absolute Gasteiger partial charge is 0.350 e. The summed E-state index contributed by atoms with van der Waals surface area (Å²) in [7, 11) is 3.22. The van der Waals surface area contributed by atoms with Crippen LogP contribution >= 0.6 is 0 Å². The van der Waals surface area contributed by atoms with Crippen molar-refractivity contribution in [1.29, 1.82) is 0 Å². The third-order valence-electron chi connectivity index (χ3n) is 4.61. The standard InChI is InChI=1S/C15H22N6O3/c1-9-10(5-4-6-16-9)18-11(22)7-21-14(23)12-13(17-8-19(12)2)20(3)15(21)24/h8-10,16H,4-7H2,1-3H3,(H,18,22). The lowest BCUT2D eigenvalue weighted by Gasteiger charge is -2.30. The molecule has 0 aliphatic carbocycles. The zero-order valence-electron chi connectivity index (χ0n) is 14.1. The average molecular weight is 334 g/mol.